The highest BCUT2D eigenvalue weighted by Gasteiger charge is 2.21. The highest BCUT2D eigenvalue weighted by molar-refractivity contribution is 7.09. The van der Waals surface area contributed by atoms with Crippen LogP contribution in [0.2, 0.25) is 0 Å². The van der Waals surface area contributed by atoms with Crippen LogP contribution in [0.1, 0.15) is 11.8 Å². The first-order valence-corrected chi connectivity index (χ1v) is 8.24. The van der Waals surface area contributed by atoms with Crippen LogP contribution in [-0.4, -0.2) is 30.6 Å². The lowest BCUT2D eigenvalue weighted by molar-refractivity contribution is -0.138. The number of hydrogen-bond acceptors (Lipinski definition) is 4. The standard InChI is InChI=1S/C18H21NO3S/c1-4-11-19(13-17-6-5-12-23-17)18(20)14(2)22-16-9-7-15(21-3)8-10-16/h4-10,12,14H,1,11,13H2,2-3H3. The quantitative estimate of drug-likeness (QED) is 0.692. The van der Waals surface area contributed by atoms with Gasteiger partial charge in [0.2, 0.25) is 0 Å². The molecule has 0 N–H and O–H groups in total. The predicted octanol–water partition coefficient (Wildman–Crippen LogP) is 3.74. The van der Waals surface area contributed by atoms with Crippen molar-refractivity contribution in [2.75, 3.05) is 13.7 Å². The maximum Gasteiger partial charge on any atom is 0.263 e. The molecule has 23 heavy (non-hydrogen) atoms. The van der Waals surface area contributed by atoms with Crippen molar-refractivity contribution in [3.8, 4) is 11.5 Å². The maximum atomic E-state index is 12.6. The highest BCUT2D eigenvalue weighted by Crippen LogP contribution is 2.19. The lowest BCUT2D eigenvalue weighted by Gasteiger charge is -2.24. The molecule has 1 amide bonds. The van der Waals surface area contributed by atoms with Crippen molar-refractivity contribution in [3.63, 3.8) is 0 Å². The van der Waals surface area contributed by atoms with Gasteiger partial charge in [-0.1, -0.05) is 12.1 Å². The summed E-state index contributed by atoms with van der Waals surface area (Å²) in [6, 6.07) is 11.2. The number of amides is 1. The van der Waals surface area contributed by atoms with Gasteiger partial charge in [0.15, 0.2) is 6.10 Å². The van der Waals surface area contributed by atoms with Crippen LogP contribution in [0.4, 0.5) is 0 Å². The normalized spacial score (nSPS) is 11.6. The van der Waals surface area contributed by atoms with E-state index in [1.165, 1.54) is 0 Å². The fourth-order valence-electron chi connectivity index (χ4n) is 2.14. The molecule has 1 aromatic carbocycles. The van der Waals surface area contributed by atoms with E-state index in [0.717, 1.165) is 10.6 Å². The van der Waals surface area contributed by atoms with Gasteiger partial charge in [0.05, 0.1) is 13.7 Å². The predicted molar refractivity (Wildman–Crippen MR) is 93.0 cm³/mol. The first-order valence-electron chi connectivity index (χ1n) is 7.36. The molecule has 0 saturated heterocycles. The van der Waals surface area contributed by atoms with Crippen molar-refractivity contribution in [3.05, 3.63) is 59.3 Å². The maximum absolute atomic E-state index is 12.6. The Bertz CT molecular complexity index is 622. The first-order chi connectivity index (χ1) is 11.1. The van der Waals surface area contributed by atoms with Gasteiger partial charge in [0.1, 0.15) is 11.5 Å². The molecule has 0 aliphatic heterocycles. The summed E-state index contributed by atoms with van der Waals surface area (Å²) in [6.07, 6.45) is 1.16. The summed E-state index contributed by atoms with van der Waals surface area (Å²) in [7, 11) is 1.61. The number of benzene rings is 1. The van der Waals surface area contributed by atoms with Gasteiger partial charge in [-0.3, -0.25) is 4.79 Å². The van der Waals surface area contributed by atoms with Crippen LogP contribution in [0.5, 0.6) is 11.5 Å². The van der Waals surface area contributed by atoms with Crippen LogP contribution in [0.25, 0.3) is 0 Å². The largest absolute Gasteiger partial charge is 0.497 e. The number of rotatable bonds is 8. The zero-order valence-electron chi connectivity index (χ0n) is 13.4. The lowest BCUT2D eigenvalue weighted by atomic mass is 10.3. The summed E-state index contributed by atoms with van der Waals surface area (Å²) < 4.78 is 10.9. The molecule has 1 aromatic heterocycles. The molecule has 0 fully saturated rings. The van der Waals surface area contributed by atoms with E-state index in [0.29, 0.717) is 18.8 Å². The average molecular weight is 331 g/mol. The minimum atomic E-state index is -0.566. The number of carbonyl (C=O) groups excluding carboxylic acids is 1. The van der Waals surface area contributed by atoms with E-state index >= 15 is 0 Å². The van der Waals surface area contributed by atoms with Crippen molar-refractivity contribution in [2.24, 2.45) is 0 Å². The van der Waals surface area contributed by atoms with Gasteiger partial charge in [-0.15, -0.1) is 17.9 Å². The SMILES string of the molecule is C=CCN(Cc1cccs1)C(=O)C(C)Oc1ccc(OC)cc1. The van der Waals surface area contributed by atoms with Crippen molar-refractivity contribution in [2.45, 2.75) is 19.6 Å². The summed E-state index contributed by atoms with van der Waals surface area (Å²) in [6.45, 7) is 6.55. The molecule has 1 unspecified atom stereocenters. The second-order valence-electron chi connectivity index (χ2n) is 5.02. The summed E-state index contributed by atoms with van der Waals surface area (Å²) in [5.74, 6) is 1.33. The first kappa shape index (κ1) is 17.1. The van der Waals surface area contributed by atoms with E-state index in [-0.39, 0.29) is 5.91 Å². The average Bonchev–Trinajstić information content (AvgIpc) is 3.07. The summed E-state index contributed by atoms with van der Waals surface area (Å²) in [4.78, 5) is 15.5. The molecular weight excluding hydrogens is 310 g/mol. The number of ether oxygens (including phenoxy) is 2. The Morgan fingerprint density at radius 2 is 2.00 bits per heavy atom. The smallest absolute Gasteiger partial charge is 0.263 e. The van der Waals surface area contributed by atoms with Gasteiger partial charge in [0, 0.05) is 11.4 Å². The summed E-state index contributed by atoms with van der Waals surface area (Å²) in [5, 5.41) is 2.00. The van der Waals surface area contributed by atoms with Crippen LogP contribution in [0, 0.1) is 0 Å². The fraction of sp³-hybridized carbons (Fsp3) is 0.278. The number of thiophene rings is 1. The van der Waals surface area contributed by atoms with Crippen molar-refractivity contribution in [1.29, 1.82) is 0 Å². The van der Waals surface area contributed by atoms with Gasteiger partial charge in [-0.05, 0) is 42.6 Å². The summed E-state index contributed by atoms with van der Waals surface area (Å²) in [5.41, 5.74) is 0. The van der Waals surface area contributed by atoms with E-state index in [4.69, 9.17) is 9.47 Å². The number of nitrogens with zero attached hydrogens (tertiary/aromatic N) is 1. The Morgan fingerprint density at radius 3 is 2.57 bits per heavy atom. The molecule has 4 nitrogen and oxygen atoms in total. The second kappa shape index (κ2) is 8.39. The van der Waals surface area contributed by atoms with Crippen molar-refractivity contribution >= 4 is 17.2 Å². The minimum Gasteiger partial charge on any atom is -0.497 e. The minimum absolute atomic E-state index is 0.0610. The molecule has 122 valence electrons. The van der Waals surface area contributed by atoms with E-state index in [1.807, 2.05) is 17.5 Å². The molecule has 1 atom stereocenters. The third kappa shape index (κ3) is 4.86. The van der Waals surface area contributed by atoms with E-state index in [9.17, 15) is 4.79 Å². The van der Waals surface area contributed by atoms with Crippen LogP contribution in [0.15, 0.2) is 54.4 Å². The molecule has 0 radical (unpaired) electrons. The van der Waals surface area contributed by atoms with Gasteiger partial charge in [-0.25, -0.2) is 0 Å². The molecule has 5 heteroatoms. The monoisotopic (exact) mass is 331 g/mol. The van der Waals surface area contributed by atoms with E-state index in [2.05, 4.69) is 6.58 Å². The fourth-order valence-corrected chi connectivity index (χ4v) is 2.86. The Hall–Kier alpha value is -2.27. The van der Waals surface area contributed by atoms with Crippen LogP contribution in [0.3, 0.4) is 0 Å². The van der Waals surface area contributed by atoms with Gasteiger partial charge < -0.3 is 14.4 Å². The number of methoxy groups -OCH3 is 1. The third-order valence-corrected chi connectivity index (χ3v) is 4.17. The van der Waals surface area contributed by atoms with Gasteiger partial charge in [-0.2, -0.15) is 0 Å². The Balaban J connectivity index is 2.00. The van der Waals surface area contributed by atoms with Crippen LogP contribution in [-0.2, 0) is 11.3 Å². The van der Waals surface area contributed by atoms with Crippen molar-refractivity contribution < 1.29 is 14.3 Å². The summed E-state index contributed by atoms with van der Waals surface area (Å²) >= 11 is 1.63. The van der Waals surface area contributed by atoms with Gasteiger partial charge in [0.25, 0.3) is 5.91 Å². The van der Waals surface area contributed by atoms with Crippen LogP contribution >= 0.6 is 11.3 Å². The topological polar surface area (TPSA) is 38.8 Å². The van der Waals surface area contributed by atoms with Crippen LogP contribution < -0.4 is 9.47 Å². The second-order valence-corrected chi connectivity index (χ2v) is 6.05. The molecular formula is C18H21NO3S. The molecule has 0 aliphatic carbocycles. The molecule has 2 rings (SSSR count). The molecule has 0 spiro atoms. The molecule has 2 aromatic rings. The van der Waals surface area contributed by atoms with E-state index in [1.54, 1.807) is 60.6 Å². The molecule has 1 heterocycles. The number of carbonyl (C=O) groups is 1. The van der Waals surface area contributed by atoms with Gasteiger partial charge >= 0.3 is 0 Å². The zero-order valence-corrected chi connectivity index (χ0v) is 14.2. The Morgan fingerprint density at radius 1 is 1.30 bits per heavy atom. The van der Waals surface area contributed by atoms with E-state index < -0.39 is 6.10 Å². The Kier molecular flexibility index (Phi) is 6.23. The molecule has 0 saturated carbocycles. The third-order valence-electron chi connectivity index (χ3n) is 3.31. The number of hydrogen-bond donors (Lipinski definition) is 0. The zero-order chi connectivity index (χ0) is 16.7. The highest BCUT2D eigenvalue weighted by atomic mass is 32.1. The molecule has 0 aliphatic rings. The molecule has 0 bridgehead atoms. The van der Waals surface area contributed by atoms with Crippen molar-refractivity contribution in [1.82, 2.24) is 4.90 Å². The lowest BCUT2D eigenvalue weighted by Crippen LogP contribution is -2.40. The Labute approximate surface area is 141 Å².